The van der Waals surface area contributed by atoms with Crippen LogP contribution in [0, 0.1) is 0 Å². The van der Waals surface area contributed by atoms with E-state index in [-0.39, 0.29) is 11.5 Å². The summed E-state index contributed by atoms with van der Waals surface area (Å²) >= 11 is 0. The minimum atomic E-state index is -3.78. The first-order chi connectivity index (χ1) is 8.65. The Morgan fingerprint density at radius 3 is 2.05 bits per heavy atom. The van der Waals surface area contributed by atoms with Gasteiger partial charge in [-0.3, -0.25) is 0 Å². The Kier molecular flexibility index (Phi) is 4.31. The van der Waals surface area contributed by atoms with Gasteiger partial charge in [-0.15, -0.1) is 0 Å². The molecule has 0 aliphatic rings. The van der Waals surface area contributed by atoms with Crippen LogP contribution in [-0.4, -0.2) is 44.4 Å². The van der Waals surface area contributed by atoms with Crippen molar-refractivity contribution in [2.45, 2.75) is 23.8 Å². The normalized spacial score (nSPS) is 12.3. The van der Waals surface area contributed by atoms with Crippen molar-refractivity contribution in [3.05, 3.63) is 17.8 Å². The van der Waals surface area contributed by atoms with Crippen LogP contribution in [0.25, 0.3) is 0 Å². The van der Waals surface area contributed by atoms with E-state index >= 15 is 0 Å². The summed E-state index contributed by atoms with van der Waals surface area (Å²) in [6, 6.07) is 1.98. The van der Waals surface area contributed by atoms with Crippen LogP contribution < -0.4 is 0 Å². The number of aromatic nitrogens is 1. The third kappa shape index (κ3) is 3.10. The Hall–Kier alpha value is -1.48. The fraction of sp³-hybridized carbons (Fsp3) is 0.400. The van der Waals surface area contributed by atoms with Crippen molar-refractivity contribution < 1.29 is 26.7 Å². The molecule has 1 rings (SSSR count). The lowest BCUT2D eigenvalue weighted by atomic mass is 10.3. The molecule has 0 atom stereocenters. The van der Waals surface area contributed by atoms with E-state index in [2.05, 4.69) is 4.98 Å². The van der Waals surface area contributed by atoms with Crippen molar-refractivity contribution in [3.8, 4) is 0 Å². The average Bonchev–Trinajstić information content (AvgIpc) is 2.37. The molecule has 19 heavy (non-hydrogen) atoms. The van der Waals surface area contributed by atoms with Crippen LogP contribution >= 0.6 is 0 Å². The van der Waals surface area contributed by atoms with Crippen LogP contribution in [0.3, 0.4) is 0 Å². The summed E-state index contributed by atoms with van der Waals surface area (Å²) in [6.45, 7) is 2.74. The molecule has 0 saturated heterocycles. The number of carboxylic acids is 1. The summed E-state index contributed by atoms with van der Waals surface area (Å²) in [5.74, 6) is -2.13. The number of sulfone groups is 2. The van der Waals surface area contributed by atoms with Crippen LogP contribution in [-0.2, 0) is 19.7 Å². The van der Waals surface area contributed by atoms with Crippen LogP contribution in [0.5, 0.6) is 0 Å². The highest BCUT2D eigenvalue weighted by Crippen LogP contribution is 2.19. The van der Waals surface area contributed by atoms with Gasteiger partial charge in [0.2, 0.25) is 0 Å². The van der Waals surface area contributed by atoms with Crippen LogP contribution in [0.15, 0.2) is 22.1 Å². The molecule has 1 aromatic heterocycles. The minimum Gasteiger partial charge on any atom is -0.476 e. The number of rotatable bonds is 5. The van der Waals surface area contributed by atoms with Crippen molar-refractivity contribution in [1.29, 1.82) is 0 Å². The first kappa shape index (κ1) is 15.6. The van der Waals surface area contributed by atoms with Gasteiger partial charge in [0.1, 0.15) is 4.90 Å². The van der Waals surface area contributed by atoms with Gasteiger partial charge in [0.25, 0.3) is 0 Å². The standard InChI is InChI=1S/C10H13NO6S2/c1-3-18(14,15)7-5-6-8(19(16,17)4-2)11-9(7)10(12)13/h5-6H,3-4H2,1-2H3,(H,12,13). The monoisotopic (exact) mass is 307 g/mol. The fourth-order valence-corrected chi connectivity index (χ4v) is 3.12. The molecule has 0 amide bonds. The number of carbonyl (C=O) groups is 1. The highest BCUT2D eigenvalue weighted by molar-refractivity contribution is 7.91. The zero-order valence-electron chi connectivity index (χ0n) is 10.3. The molecule has 1 N–H and O–H groups in total. The molecule has 0 saturated carbocycles. The minimum absolute atomic E-state index is 0.251. The molecular weight excluding hydrogens is 294 g/mol. The molecule has 0 spiro atoms. The zero-order chi connectivity index (χ0) is 14.8. The van der Waals surface area contributed by atoms with Crippen molar-refractivity contribution in [2.24, 2.45) is 0 Å². The first-order valence-electron chi connectivity index (χ1n) is 5.35. The van der Waals surface area contributed by atoms with Crippen molar-refractivity contribution in [1.82, 2.24) is 4.98 Å². The fourth-order valence-electron chi connectivity index (χ4n) is 1.31. The molecule has 1 heterocycles. The van der Waals surface area contributed by atoms with Crippen molar-refractivity contribution in [2.75, 3.05) is 11.5 Å². The second-order valence-corrected chi connectivity index (χ2v) is 8.08. The second kappa shape index (κ2) is 5.25. The second-order valence-electron chi connectivity index (χ2n) is 3.61. The van der Waals surface area contributed by atoms with E-state index in [0.717, 1.165) is 12.1 Å². The lowest BCUT2D eigenvalue weighted by Gasteiger charge is -2.07. The lowest BCUT2D eigenvalue weighted by Crippen LogP contribution is -2.16. The van der Waals surface area contributed by atoms with E-state index in [1.54, 1.807) is 0 Å². The SMILES string of the molecule is CCS(=O)(=O)c1ccc(S(=O)(=O)CC)c(C(=O)O)n1. The Morgan fingerprint density at radius 2 is 1.63 bits per heavy atom. The molecule has 0 aliphatic carbocycles. The van der Waals surface area contributed by atoms with Gasteiger partial charge in [-0.2, -0.15) is 0 Å². The summed E-state index contributed by atoms with van der Waals surface area (Å²) in [5.41, 5.74) is -0.767. The number of aromatic carboxylic acids is 1. The molecule has 0 unspecified atom stereocenters. The predicted octanol–water partition coefficient (Wildman–Crippen LogP) is 0.367. The first-order valence-corrected chi connectivity index (χ1v) is 8.66. The highest BCUT2D eigenvalue weighted by Gasteiger charge is 2.25. The number of carboxylic acid groups (broad SMARTS) is 1. The number of pyridine rings is 1. The molecule has 0 radical (unpaired) electrons. The van der Waals surface area contributed by atoms with Gasteiger partial charge in [-0.05, 0) is 12.1 Å². The molecule has 106 valence electrons. The molecule has 0 bridgehead atoms. The van der Waals surface area contributed by atoms with Crippen molar-refractivity contribution in [3.63, 3.8) is 0 Å². The van der Waals surface area contributed by atoms with E-state index in [0.29, 0.717) is 0 Å². The maximum absolute atomic E-state index is 11.7. The third-order valence-corrected chi connectivity index (χ3v) is 5.83. The van der Waals surface area contributed by atoms with Gasteiger partial charge < -0.3 is 5.11 Å². The Morgan fingerprint density at radius 1 is 1.11 bits per heavy atom. The van der Waals surface area contributed by atoms with Crippen LogP contribution in [0.2, 0.25) is 0 Å². The third-order valence-electron chi connectivity index (χ3n) is 2.45. The molecular formula is C10H13NO6S2. The molecule has 0 aromatic carbocycles. The smallest absolute Gasteiger partial charge is 0.355 e. The summed E-state index contributed by atoms with van der Waals surface area (Å²) in [7, 11) is -7.47. The lowest BCUT2D eigenvalue weighted by molar-refractivity contribution is 0.0685. The summed E-state index contributed by atoms with van der Waals surface area (Å²) in [6.07, 6.45) is 0. The van der Waals surface area contributed by atoms with Crippen molar-refractivity contribution >= 4 is 25.6 Å². The molecule has 9 heteroatoms. The summed E-state index contributed by atoms with van der Waals surface area (Å²) in [4.78, 5) is 14.0. The van der Waals surface area contributed by atoms with Gasteiger partial charge >= 0.3 is 5.97 Å². The molecule has 1 aromatic rings. The Balaban J connectivity index is 3.62. The van der Waals surface area contributed by atoms with E-state index in [1.807, 2.05) is 0 Å². The maximum atomic E-state index is 11.7. The van der Waals surface area contributed by atoms with Gasteiger partial charge in [0, 0.05) is 0 Å². The maximum Gasteiger partial charge on any atom is 0.355 e. The number of hydrogen-bond acceptors (Lipinski definition) is 6. The van der Waals surface area contributed by atoms with E-state index in [4.69, 9.17) is 5.11 Å². The topological polar surface area (TPSA) is 118 Å². The summed E-state index contributed by atoms with van der Waals surface area (Å²) in [5, 5.41) is 8.52. The Labute approximate surface area is 111 Å². The van der Waals surface area contributed by atoms with Crippen LogP contribution in [0.1, 0.15) is 24.3 Å². The van der Waals surface area contributed by atoms with Crippen LogP contribution in [0.4, 0.5) is 0 Å². The summed E-state index contributed by atoms with van der Waals surface area (Å²) < 4.78 is 46.6. The van der Waals surface area contributed by atoms with Gasteiger partial charge in [-0.1, -0.05) is 13.8 Å². The van der Waals surface area contributed by atoms with E-state index < -0.39 is 41.3 Å². The molecule has 0 aliphatic heterocycles. The van der Waals surface area contributed by atoms with Gasteiger partial charge in [-0.25, -0.2) is 26.6 Å². The number of hydrogen-bond donors (Lipinski definition) is 1. The quantitative estimate of drug-likeness (QED) is 0.834. The average molecular weight is 307 g/mol. The largest absolute Gasteiger partial charge is 0.476 e. The molecule has 0 fully saturated rings. The Bertz CT molecular complexity index is 706. The van der Waals surface area contributed by atoms with E-state index in [9.17, 15) is 21.6 Å². The number of nitrogens with zero attached hydrogens (tertiary/aromatic N) is 1. The molecule has 7 nitrogen and oxygen atoms in total. The predicted molar refractivity (Wildman–Crippen MR) is 66.6 cm³/mol. The van der Waals surface area contributed by atoms with Gasteiger partial charge in [0.15, 0.2) is 30.4 Å². The zero-order valence-corrected chi connectivity index (χ0v) is 12.0. The highest BCUT2D eigenvalue weighted by atomic mass is 32.2. The van der Waals surface area contributed by atoms with Gasteiger partial charge in [0.05, 0.1) is 11.5 Å². The van der Waals surface area contributed by atoms with E-state index in [1.165, 1.54) is 13.8 Å².